The van der Waals surface area contributed by atoms with E-state index in [2.05, 4.69) is 18.6 Å². The van der Waals surface area contributed by atoms with Gasteiger partial charge in [-0.15, -0.1) is 0 Å². The number of allylic oxidation sites excluding steroid dienone is 3. The van der Waals surface area contributed by atoms with Gasteiger partial charge in [-0.25, -0.2) is 0 Å². The van der Waals surface area contributed by atoms with Gasteiger partial charge in [0.05, 0.1) is 7.11 Å². The zero-order chi connectivity index (χ0) is 12.2. The van der Waals surface area contributed by atoms with Crippen molar-refractivity contribution < 1.29 is 4.74 Å². The molecule has 5 aliphatic carbocycles. The number of rotatable bonds is 2. The molecule has 5 aliphatic rings. The fourth-order valence-corrected chi connectivity index (χ4v) is 5.62. The van der Waals surface area contributed by atoms with Gasteiger partial charge in [0.15, 0.2) is 0 Å². The van der Waals surface area contributed by atoms with Crippen LogP contribution in [0.4, 0.5) is 0 Å². The monoisotopic (exact) mass is 243 g/mol. The molecule has 18 heavy (non-hydrogen) atoms. The standard InChI is InChI=1S/C17H23O/c1-18-16-5-3-2-4-15(16)17-9-12-6-13(10-17)8-14(7-12)11-17/h2,4-5,12-14H,3,6-11H2,1H3. The van der Waals surface area contributed by atoms with E-state index in [9.17, 15) is 0 Å². The minimum Gasteiger partial charge on any atom is -0.497 e. The molecule has 1 nitrogen and oxygen atoms in total. The normalized spacial score (nSPS) is 45.7. The van der Waals surface area contributed by atoms with Crippen molar-refractivity contribution in [1.29, 1.82) is 0 Å². The van der Waals surface area contributed by atoms with E-state index in [4.69, 9.17) is 4.74 Å². The molecule has 0 atom stereocenters. The van der Waals surface area contributed by atoms with Crippen molar-refractivity contribution in [2.45, 2.75) is 44.9 Å². The molecule has 0 saturated heterocycles. The van der Waals surface area contributed by atoms with E-state index in [1.807, 2.05) is 7.11 Å². The first-order valence-corrected chi connectivity index (χ1v) is 7.57. The summed E-state index contributed by atoms with van der Waals surface area (Å²) in [4.78, 5) is 0. The average molecular weight is 243 g/mol. The molecule has 0 aliphatic heterocycles. The van der Waals surface area contributed by atoms with E-state index in [0.717, 1.165) is 24.2 Å². The highest BCUT2D eigenvalue weighted by Gasteiger charge is 2.53. The Balaban J connectivity index is 1.71. The van der Waals surface area contributed by atoms with Crippen molar-refractivity contribution in [2.24, 2.45) is 23.2 Å². The lowest BCUT2D eigenvalue weighted by Crippen LogP contribution is -2.47. The average Bonchev–Trinajstić information content (AvgIpc) is 2.37. The molecule has 4 saturated carbocycles. The van der Waals surface area contributed by atoms with Crippen LogP contribution in [0.5, 0.6) is 0 Å². The lowest BCUT2D eigenvalue weighted by atomic mass is 9.47. The summed E-state index contributed by atoms with van der Waals surface area (Å²) in [6, 6.07) is 0. The third-order valence-corrected chi connectivity index (χ3v) is 5.82. The Labute approximate surface area is 110 Å². The Bertz CT molecular complexity index is 380. The largest absolute Gasteiger partial charge is 0.497 e. The molecule has 0 aromatic heterocycles. The first-order valence-electron chi connectivity index (χ1n) is 7.57. The summed E-state index contributed by atoms with van der Waals surface area (Å²) in [5, 5.41) is 0. The first kappa shape index (κ1) is 11.1. The number of ether oxygens (including phenoxy) is 1. The predicted octanol–water partition coefficient (Wildman–Crippen LogP) is 4.27. The maximum atomic E-state index is 5.67. The van der Waals surface area contributed by atoms with Crippen LogP contribution in [-0.4, -0.2) is 7.11 Å². The predicted molar refractivity (Wildman–Crippen MR) is 72.7 cm³/mol. The summed E-state index contributed by atoms with van der Waals surface area (Å²) in [5.41, 5.74) is 2.02. The Morgan fingerprint density at radius 1 is 1.06 bits per heavy atom. The van der Waals surface area contributed by atoms with Crippen LogP contribution in [0.3, 0.4) is 0 Å². The van der Waals surface area contributed by atoms with E-state index >= 15 is 0 Å². The third kappa shape index (κ3) is 1.52. The summed E-state index contributed by atoms with van der Waals surface area (Å²) < 4.78 is 5.67. The van der Waals surface area contributed by atoms with Crippen molar-refractivity contribution in [3.63, 3.8) is 0 Å². The molecule has 0 unspecified atom stereocenters. The van der Waals surface area contributed by atoms with Crippen LogP contribution in [0.1, 0.15) is 44.9 Å². The van der Waals surface area contributed by atoms with E-state index < -0.39 is 0 Å². The summed E-state index contributed by atoms with van der Waals surface area (Å²) in [6.45, 7) is 0. The molecule has 0 aromatic rings. The summed E-state index contributed by atoms with van der Waals surface area (Å²) in [6.07, 6.45) is 16.8. The van der Waals surface area contributed by atoms with E-state index in [0.29, 0.717) is 5.41 Å². The fraction of sp³-hybridized carbons (Fsp3) is 0.706. The van der Waals surface area contributed by atoms with Gasteiger partial charge in [0.2, 0.25) is 0 Å². The highest BCUT2D eigenvalue weighted by Crippen LogP contribution is 2.63. The molecular weight excluding hydrogens is 220 g/mol. The van der Waals surface area contributed by atoms with Gasteiger partial charge >= 0.3 is 0 Å². The molecule has 0 aromatic carbocycles. The molecule has 97 valence electrons. The second kappa shape index (κ2) is 3.88. The Morgan fingerprint density at radius 3 is 2.22 bits per heavy atom. The second-order valence-corrected chi connectivity index (χ2v) is 7.02. The Morgan fingerprint density at radius 2 is 1.67 bits per heavy atom. The number of methoxy groups -OCH3 is 1. The van der Waals surface area contributed by atoms with Crippen LogP contribution < -0.4 is 0 Å². The van der Waals surface area contributed by atoms with Crippen LogP contribution in [0.25, 0.3) is 0 Å². The molecule has 0 spiro atoms. The minimum atomic E-state index is 0.480. The van der Waals surface area contributed by atoms with Crippen molar-refractivity contribution >= 4 is 0 Å². The van der Waals surface area contributed by atoms with Gasteiger partial charge < -0.3 is 4.74 Å². The van der Waals surface area contributed by atoms with Gasteiger partial charge in [-0.05, 0) is 86.2 Å². The van der Waals surface area contributed by atoms with Gasteiger partial charge in [-0.3, -0.25) is 0 Å². The molecule has 0 amide bonds. The quantitative estimate of drug-likeness (QED) is 0.704. The lowest BCUT2D eigenvalue weighted by Gasteiger charge is -2.58. The number of hydrogen-bond acceptors (Lipinski definition) is 1. The highest BCUT2D eigenvalue weighted by atomic mass is 16.5. The zero-order valence-electron chi connectivity index (χ0n) is 11.3. The number of hydrogen-bond donors (Lipinski definition) is 0. The maximum Gasteiger partial charge on any atom is 0.118 e. The van der Waals surface area contributed by atoms with Crippen molar-refractivity contribution in [2.75, 3.05) is 7.11 Å². The van der Waals surface area contributed by atoms with Gasteiger partial charge in [0, 0.05) is 0 Å². The Hall–Kier alpha value is -0.720. The second-order valence-electron chi connectivity index (χ2n) is 7.02. The molecule has 5 rings (SSSR count). The van der Waals surface area contributed by atoms with Gasteiger partial charge in [0.1, 0.15) is 5.76 Å². The van der Waals surface area contributed by atoms with Crippen LogP contribution in [0, 0.1) is 29.6 Å². The Kier molecular flexibility index (Phi) is 2.40. The maximum absolute atomic E-state index is 5.67. The lowest BCUT2D eigenvalue weighted by molar-refractivity contribution is -0.0323. The molecule has 1 heteroatoms. The van der Waals surface area contributed by atoms with Crippen molar-refractivity contribution in [3.05, 3.63) is 29.9 Å². The van der Waals surface area contributed by atoms with Crippen LogP contribution in [0.15, 0.2) is 23.5 Å². The topological polar surface area (TPSA) is 9.23 Å². The van der Waals surface area contributed by atoms with Crippen LogP contribution >= 0.6 is 0 Å². The molecule has 0 N–H and O–H groups in total. The molecule has 0 heterocycles. The SMILES string of the molecule is COC1=CC[CH]C=C1C12CC3CC(CC(C3)C1)C2. The smallest absolute Gasteiger partial charge is 0.118 e. The van der Waals surface area contributed by atoms with Crippen molar-refractivity contribution in [3.8, 4) is 0 Å². The summed E-state index contributed by atoms with van der Waals surface area (Å²) in [7, 11) is 1.84. The zero-order valence-corrected chi connectivity index (χ0v) is 11.3. The van der Waals surface area contributed by atoms with E-state index in [-0.39, 0.29) is 0 Å². The van der Waals surface area contributed by atoms with Gasteiger partial charge in [-0.2, -0.15) is 0 Å². The first-order chi connectivity index (χ1) is 8.79. The van der Waals surface area contributed by atoms with E-state index in [1.165, 1.54) is 49.9 Å². The van der Waals surface area contributed by atoms with Crippen LogP contribution in [0.2, 0.25) is 0 Å². The van der Waals surface area contributed by atoms with Gasteiger partial charge in [0.25, 0.3) is 0 Å². The summed E-state index contributed by atoms with van der Waals surface area (Å²) in [5.74, 6) is 4.21. The van der Waals surface area contributed by atoms with Gasteiger partial charge in [-0.1, -0.05) is 6.08 Å². The summed E-state index contributed by atoms with van der Waals surface area (Å²) >= 11 is 0. The molecule has 4 bridgehead atoms. The third-order valence-electron chi connectivity index (χ3n) is 5.82. The molecule has 4 fully saturated rings. The minimum absolute atomic E-state index is 0.480. The van der Waals surface area contributed by atoms with E-state index in [1.54, 1.807) is 0 Å². The fourth-order valence-electron chi connectivity index (χ4n) is 5.62. The van der Waals surface area contributed by atoms with Crippen molar-refractivity contribution in [1.82, 2.24) is 0 Å². The van der Waals surface area contributed by atoms with Crippen LogP contribution in [-0.2, 0) is 4.74 Å². The highest BCUT2D eigenvalue weighted by molar-refractivity contribution is 5.40. The molecule has 1 radical (unpaired) electrons. The molecular formula is C17H23O.